The first-order valence-electron chi connectivity index (χ1n) is 6.43. The van der Waals surface area contributed by atoms with Gasteiger partial charge < -0.3 is 10.0 Å². The highest BCUT2D eigenvalue weighted by Crippen LogP contribution is 2.14. The van der Waals surface area contributed by atoms with E-state index in [1.807, 2.05) is 11.9 Å². The lowest BCUT2D eigenvalue weighted by Crippen LogP contribution is -2.35. The summed E-state index contributed by atoms with van der Waals surface area (Å²) in [5.41, 5.74) is -1.97. The maximum absolute atomic E-state index is 13.3. The Bertz CT molecular complexity index is 560. The molecule has 1 aliphatic heterocycles. The van der Waals surface area contributed by atoms with Crippen LogP contribution >= 0.6 is 0 Å². The van der Waals surface area contributed by atoms with E-state index in [2.05, 4.69) is 4.90 Å². The highest BCUT2D eigenvalue weighted by molar-refractivity contribution is 5.09. The number of hydrogen-bond acceptors (Lipinski definition) is 4. The summed E-state index contributed by atoms with van der Waals surface area (Å²) in [7, 11) is 0. The predicted octanol–water partition coefficient (Wildman–Crippen LogP) is 0.113. The number of aromatic hydroxyl groups is 1. The lowest BCUT2D eigenvalue weighted by Gasteiger charge is -2.21. The molecular weight excluding hydrogens is 253 g/mol. The second-order valence-corrected chi connectivity index (χ2v) is 5.12. The molecule has 19 heavy (non-hydrogen) atoms. The van der Waals surface area contributed by atoms with Gasteiger partial charge in [0.25, 0.3) is 5.56 Å². The Hall–Kier alpha value is -1.63. The fourth-order valence-electron chi connectivity index (χ4n) is 2.48. The Kier molecular flexibility index (Phi) is 4.04. The number of nitrogens with one attached hydrogen (secondary N) is 1. The first kappa shape index (κ1) is 13.8. The van der Waals surface area contributed by atoms with Crippen LogP contribution in [0.3, 0.4) is 0 Å². The van der Waals surface area contributed by atoms with E-state index in [0.29, 0.717) is 0 Å². The SMILES string of the molecule is CC(CN1CCCC1)Cn1c(O)c(F)c(=O)[nH]c1=O. The van der Waals surface area contributed by atoms with Crippen LogP contribution in [0.1, 0.15) is 19.8 Å². The fraction of sp³-hybridized carbons (Fsp3) is 0.667. The molecule has 1 fully saturated rings. The second kappa shape index (κ2) is 5.56. The number of halogens is 1. The first-order chi connectivity index (χ1) is 8.99. The van der Waals surface area contributed by atoms with E-state index in [1.165, 1.54) is 12.8 Å². The van der Waals surface area contributed by atoms with Crippen LogP contribution in [0.4, 0.5) is 4.39 Å². The molecular formula is C12H18FN3O3. The lowest BCUT2D eigenvalue weighted by molar-refractivity contribution is 0.257. The summed E-state index contributed by atoms with van der Waals surface area (Å²) >= 11 is 0. The van der Waals surface area contributed by atoms with Crippen molar-refractivity contribution in [2.75, 3.05) is 19.6 Å². The van der Waals surface area contributed by atoms with Crippen LogP contribution in [0.5, 0.6) is 5.88 Å². The Morgan fingerprint density at radius 2 is 1.95 bits per heavy atom. The molecule has 2 N–H and O–H groups in total. The number of rotatable bonds is 4. The summed E-state index contributed by atoms with van der Waals surface area (Å²) in [6.07, 6.45) is 2.34. The van der Waals surface area contributed by atoms with Gasteiger partial charge in [-0.1, -0.05) is 6.92 Å². The molecule has 1 unspecified atom stereocenters. The second-order valence-electron chi connectivity index (χ2n) is 5.12. The van der Waals surface area contributed by atoms with Gasteiger partial charge >= 0.3 is 5.69 Å². The van der Waals surface area contributed by atoms with Crippen LogP contribution in [-0.2, 0) is 6.54 Å². The van der Waals surface area contributed by atoms with Crippen molar-refractivity contribution in [2.24, 2.45) is 5.92 Å². The molecule has 2 heterocycles. The summed E-state index contributed by atoms with van der Waals surface area (Å²) in [5, 5.41) is 9.52. The van der Waals surface area contributed by atoms with Gasteiger partial charge in [-0.15, -0.1) is 0 Å². The molecule has 1 aliphatic rings. The van der Waals surface area contributed by atoms with Gasteiger partial charge in [-0.3, -0.25) is 14.3 Å². The van der Waals surface area contributed by atoms with Gasteiger partial charge in [-0.05, 0) is 31.8 Å². The monoisotopic (exact) mass is 271 g/mol. The molecule has 6 nitrogen and oxygen atoms in total. The molecule has 1 saturated heterocycles. The van der Waals surface area contributed by atoms with Crippen LogP contribution in [-0.4, -0.2) is 39.2 Å². The van der Waals surface area contributed by atoms with Crippen molar-refractivity contribution in [2.45, 2.75) is 26.3 Å². The number of aromatic amines is 1. The maximum Gasteiger partial charge on any atom is 0.331 e. The fourth-order valence-corrected chi connectivity index (χ4v) is 2.48. The van der Waals surface area contributed by atoms with Gasteiger partial charge in [-0.2, -0.15) is 4.39 Å². The van der Waals surface area contributed by atoms with Crippen LogP contribution in [0.15, 0.2) is 9.59 Å². The van der Waals surface area contributed by atoms with Crippen LogP contribution in [0, 0.1) is 11.7 Å². The molecule has 1 aromatic rings. The average Bonchev–Trinajstić information content (AvgIpc) is 2.85. The van der Waals surface area contributed by atoms with Gasteiger partial charge in [-0.25, -0.2) is 4.79 Å². The Morgan fingerprint density at radius 3 is 2.58 bits per heavy atom. The Balaban J connectivity index is 2.12. The quantitative estimate of drug-likeness (QED) is 0.815. The Labute approximate surface area is 109 Å². The van der Waals surface area contributed by atoms with E-state index in [4.69, 9.17) is 0 Å². The van der Waals surface area contributed by atoms with Crippen LogP contribution in [0.2, 0.25) is 0 Å². The molecule has 0 aliphatic carbocycles. The van der Waals surface area contributed by atoms with Crippen molar-refractivity contribution in [3.63, 3.8) is 0 Å². The normalized spacial score (nSPS) is 17.8. The topological polar surface area (TPSA) is 78.3 Å². The third kappa shape index (κ3) is 3.04. The minimum atomic E-state index is -1.31. The lowest BCUT2D eigenvalue weighted by atomic mass is 10.1. The average molecular weight is 271 g/mol. The van der Waals surface area contributed by atoms with Gasteiger partial charge in [0.15, 0.2) is 0 Å². The molecule has 1 aromatic heterocycles. The minimum absolute atomic E-state index is 0.0759. The molecule has 0 amide bonds. The molecule has 0 aromatic carbocycles. The third-order valence-corrected chi connectivity index (χ3v) is 3.38. The largest absolute Gasteiger partial charge is 0.492 e. The number of likely N-dealkylation sites (tertiary alicyclic amines) is 1. The smallest absolute Gasteiger partial charge is 0.331 e. The highest BCUT2D eigenvalue weighted by Gasteiger charge is 2.18. The van der Waals surface area contributed by atoms with Crippen LogP contribution < -0.4 is 11.2 Å². The zero-order valence-corrected chi connectivity index (χ0v) is 10.9. The van der Waals surface area contributed by atoms with Crippen molar-refractivity contribution < 1.29 is 9.50 Å². The molecule has 0 spiro atoms. The number of nitrogens with zero attached hydrogens (tertiary/aromatic N) is 2. The molecule has 0 bridgehead atoms. The molecule has 0 saturated carbocycles. The van der Waals surface area contributed by atoms with Gasteiger partial charge in [0.05, 0.1) is 0 Å². The number of hydrogen-bond donors (Lipinski definition) is 2. The molecule has 2 rings (SSSR count). The van der Waals surface area contributed by atoms with E-state index >= 15 is 0 Å². The first-order valence-corrected chi connectivity index (χ1v) is 6.43. The van der Waals surface area contributed by atoms with Gasteiger partial charge in [0.1, 0.15) is 0 Å². The molecule has 0 radical (unpaired) electrons. The van der Waals surface area contributed by atoms with Crippen molar-refractivity contribution in [3.05, 3.63) is 26.7 Å². The van der Waals surface area contributed by atoms with E-state index in [9.17, 15) is 19.1 Å². The summed E-state index contributed by atoms with van der Waals surface area (Å²) in [6.45, 7) is 4.95. The van der Waals surface area contributed by atoms with Crippen molar-refractivity contribution in [1.82, 2.24) is 14.5 Å². The van der Waals surface area contributed by atoms with E-state index < -0.39 is 22.9 Å². The molecule has 1 atom stereocenters. The summed E-state index contributed by atoms with van der Waals surface area (Å²) in [4.78, 5) is 26.6. The number of H-pyrrole nitrogens is 1. The zero-order chi connectivity index (χ0) is 14.0. The van der Waals surface area contributed by atoms with E-state index in [0.717, 1.165) is 24.2 Å². The van der Waals surface area contributed by atoms with Crippen molar-refractivity contribution >= 4 is 0 Å². The highest BCUT2D eigenvalue weighted by atomic mass is 19.1. The summed E-state index contributed by atoms with van der Waals surface area (Å²) in [6, 6.07) is 0. The molecule has 106 valence electrons. The van der Waals surface area contributed by atoms with Crippen molar-refractivity contribution in [1.29, 1.82) is 0 Å². The standard InChI is InChI=1S/C12H18FN3O3/c1-8(6-15-4-2-3-5-15)7-16-11(18)9(13)10(17)14-12(16)19/h8,18H,2-7H2,1H3,(H,14,17,19). The van der Waals surface area contributed by atoms with Crippen LogP contribution in [0.25, 0.3) is 0 Å². The van der Waals surface area contributed by atoms with E-state index in [1.54, 1.807) is 0 Å². The Morgan fingerprint density at radius 1 is 1.32 bits per heavy atom. The van der Waals surface area contributed by atoms with E-state index in [-0.39, 0.29) is 12.5 Å². The third-order valence-electron chi connectivity index (χ3n) is 3.38. The van der Waals surface area contributed by atoms with Gasteiger partial charge in [0, 0.05) is 13.1 Å². The maximum atomic E-state index is 13.3. The zero-order valence-electron chi connectivity index (χ0n) is 10.9. The van der Waals surface area contributed by atoms with Gasteiger partial charge in [0.2, 0.25) is 11.7 Å². The molecule has 7 heteroatoms. The summed E-state index contributed by atoms with van der Waals surface area (Å²) < 4.78 is 14.1. The minimum Gasteiger partial charge on any atom is -0.492 e. The number of aromatic nitrogens is 2. The summed E-state index contributed by atoms with van der Waals surface area (Å²) in [5.74, 6) is -2.12. The predicted molar refractivity (Wildman–Crippen MR) is 67.8 cm³/mol. The van der Waals surface area contributed by atoms with Crippen molar-refractivity contribution in [3.8, 4) is 5.88 Å².